The van der Waals surface area contributed by atoms with Crippen LogP contribution in [-0.2, 0) is 17.8 Å². The number of aromatic nitrogens is 6. The minimum Gasteiger partial charge on any atom is -0.356 e. The molecule has 3 unspecified atom stereocenters. The van der Waals surface area contributed by atoms with Gasteiger partial charge in [-0.1, -0.05) is 45.9 Å². The van der Waals surface area contributed by atoms with Gasteiger partial charge in [-0.3, -0.25) is 14.3 Å². The molecule has 5 rings (SSSR count). The van der Waals surface area contributed by atoms with Crippen LogP contribution in [0.15, 0.2) is 18.5 Å². The van der Waals surface area contributed by atoms with Crippen molar-refractivity contribution in [1.82, 2.24) is 49.5 Å². The molecule has 0 radical (unpaired) electrons. The number of carbonyl (C=O) groups is 2. The molecule has 15 heteroatoms. The minimum absolute atomic E-state index is 0.0597. The summed E-state index contributed by atoms with van der Waals surface area (Å²) in [4.78, 5) is 38.2. The molecule has 3 aromatic heterocycles. The Morgan fingerprint density at radius 2 is 2.02 bits per heavy atom. The molecule has 4 N–H and O–H groups in total. The summed E-state index contributed by atoms with van der Waals surface area (Å²) in [6.07, 6.45) is 9.63. The number of carbonyl (C=O) groups excluding carboxylic acids is 2. The van der Waals surface area contributed by atoms with Gasteiger partial charge in [-0.05, 0) is 38.2 Å². The van der Waals surface area contributed by atoms with Crippen molar-refractivity contribution in [3.63, 3.8) is 0 Å². The number of fused-ring (bicyclic) bond motifs is 1. The molecule has 3 atom stereocenters. The molecule has 0 bridgehead atoms. The lowest BCUT2D eigenvalue weighted by atomic mass is 9.93. The van der Waals surface area contributed by atoms with Crippen molar-refractivity contribution in [2.45, 2.75) is 78.3 Å². The van der Waals surface area contributed by atoms with Crippen molar-refractivity contribution in [3.05, 3.63) is 35.5 Å². The number of nitrogens with zero attached hydrogens (tertiary/aromatic N) is 9. The molecule has 240 valence electrons. The molecule has 0 aliphatic carbocycles. The van der Waals surface area contributed by atoms with Crippen molar-refractivity contribution in [1.29, 1.82) is 0 Å². The summed E-state index contributed by atoms with van der Waals surface area (Å²) in [5.41, 5.74) is 1.99. The number of piperidine rings is 1. The first-order valence-corrected chi connectivity index (χ1v) is 16.3. The van der Waals surface area contributed by atoms with Gasteiger partial charge in [0.25, 0.3) is 11.7 Å². The molecule has 14 nitrogen and oxygen atoms in total. The van der Waals surface area contributed by atoms with E-state index in [4.69, 9.17) is 20.9 Å². The monoisotopic (exact) mass is 626 g/mol. The summed E-state index contributed by atoms with van der Waals surface area (Å²) in [6, 6.07) is 1.42. The van der Waals surface area contributed by atoms with E-state index in [1.54, 1.807) is 21.5 Å². The molecular weight excluding hydrogens is 580 g/mol. The second-order valence-electron chi connectivity index (χ2n) is 11.9. The van der Waals surface area contributed by atoms with Crippen molar-refractivity contribution < 1.29 is 9.59 Å². The normalized spacial score (nSPS) is 19.4. The van der Waals surface area contributed by atoms with Gasteiger partial charge in [0, 0.05) is 57.8 Å². The second-order valence-corrected chi connectivity index (χ2v) is 12.3. The number of anilines is 1. The van der Waals surface area contributed by atoms with Gasteiger partial charge in [0.1, 0.15) is 11.4 Å². The first kappa shape index (κ1) is 32.1. The van der Waals surface area contributed by atoms with Gasteiger partial charge >= 0.3 is 0 Å². The Morgan fingerprint density at radius 1 is 1.23 bits per heavy atom. The lowest BCUT2D eigenvalue weighted by molar-refractivity contribution is -0.126. The zero-order chi connectivity index (χ0) is 31.2. The van der Waals surface area contributed by atoms with Crippen LogP contribution in [0, 0.1) is 11.8 Å². The van der Waals surface area contributed by atoms with E-state index in [9.17, 15) is 9.59 Å². The maximum absolute atomic E-state index is 13.4. The van der Waals surface area contributed by atoms with Crippen LogP contribution in [0.3, 0.4) is 0 Å². The highest BCUT2D eigenvalue weighted by Gasteiger charge is 2.29. The SMILES string of the molecule is CCC(C)CCCC(NC(=O)c1ccnn1CC)c1cn2nc(CC3CCCNC3=O)c(N3CCN(N(N)S)CC3)nc2n1. The van der Waals surface area contributed by atoms with Gasteiger partial charge in [0.2, 0.25) is 5.91 Å². The molecular formula is C29H46N12O2S. The third kappa shape index (κ3) is 7.50. The van der Waals surface area contributed by atoms with Crippen molar-refractivity contribution in [3.8, 4) is 0 Å². The van der Waals surface area contributed by atoms with E-state index in [2.05, 4.69) is 47.3 Å². The molecule has 2 aliphatic heterocycles. The number of nitrogens with one attached hydrogen (secondary N) is 2. The van der Waals surface area contributed by atoms with Crippen LogP contribution in [0.2, 0.25) is 0 Å². The molecule has 44 heavy (non-hydrogen) atoms. The van der Waals surface area contributed by atoms with Crippen molar-refractivity contribution in [2.75, 3.05) is 37.6 Å². The van der Waals surface area contributed by atoms with Crippen LogP contribution in [0.5, 0.6) is 0 Å². The highest BCUT2D eigenvalue weighted by atomic mass is 32.1. The van der Waals surface area contributed by atoms with Crippen LogP contribution >= 0.6 is 12.8 Å². The van der Waals surface area contributed by atoms with Gasteiger partial charge in [-0.15, -0.1) is 4.52 Å². The standard InChI is InChI=1S/C29H46N12O2S/c1-4-20(3)8-6-10-22(33-28(43)25-11-13-32-39(25)5-2)24-19-40-29(34-24)35-26(37-14-16-38(17-15-37)41(30)44)23(36-40)18-21-9-7-12-31-27(21)42/h11,13,19-22,44H,4-10,12,14-18,30H2,1-3H3,(H,31,42)(H,33,43). The predicted octanol–water partition coefficient (Wildman–Crippen LogP) is 2.15. The first-order chi connectivity index (χ1) is 21.3. The Balaban J connectivity index is 1.46. The zero-order valence-electron chi connectivity index (χ0n) is 26.0. The Kier molecular flexibility index (Phi) is 10.7. The number of nitrogens with two attached hydrogens (primary N) is 1. The summed E-state index contributed by atoms with van der Waals surface area (Å²) in [7, 11) is 0. The number of hydrogen-bond donors (Lipinski definition) is 4. The van der Waals surface area contributed by atoms with Gasteiger partial charge in [-0.25, -0.2) is 20.4 Å². The number of aryl methyl sites for hydroxylation is 1. The third-order valence-electron chi connectivity index (χ3n) is 8.86. The van der Waals surface area contributed by atoms with Gasteiger partial charge in [0.05, 0.1) is 17.9 Å². The molecule has 2 fully saturated rings. The molecule has 0 spiro atoms. The Hall–Kier alpha value is -3.27. The molecule has 2 amide bonds. The maximum Gasteiger partial charge on any atom is 0.270 e. The van der Waals surface area contributed by atoms with Crippen LogP contribution in [0.1, 0.15) is 87.2 Å². The fourth-order valence-corrected chi connectivity index (χ4v) is 6.15. The third-order valence-corrected chi connectivity index (χ3v) is 9.12. The van der Waals surface area contributed by atoms with E-state index in [-0.39, 0.29) is 23.8 Å². The molecule has 2 aliphatic rings. The van der Waals surface area contributed by atoms with Gasteiger partial charge in [0.15, 0.2) is 5.82 Å². The van der Waals surface area contributed by atoms with Gasteiger partial charge < -0.3 is 15.5 Å². The van der Waals surface area contributed by atoms with E-state index in [0.717, 1.165) is 50.0 Å². The van der Waals surface area contributed by atoms with E-state index >= 15 is 0 Å². The van der Waals surface area contributed by atoms with E-state index < -0.39 is 0 Å². The number of amides is 2. The van der Waals surface area contributed by atoms with Crippen LogP contribution in [0.4, 0.5) is 5.82 Å². The van der Waals surface area contributed by atoms with E-state index in [0.29, 0.717) is 68.8 Å². The average molecular weight is 627 g/mol. The average Bonchev–Trinajstić information content (AvgIpc) is 3.68. The lowest BCUT2D eigenvalue weighted by Gasteiger charge is -2.37. The number of piperazine rings is 1. The Morgan fingerprint density at radius 3 is 2.73 bits per heavy atom. The molecule has 2 saturated heterocycles. The van der Waals surface area contributed by atoms with Crippen LogP contribution < -0.4 is 21.4 Å². The van der Waals surface area contributed by atoms with Crippen LogP contribution in [-0.4, -0.2) is 83.4 Å². The predicted molar refractivity (Wildman–Crippen MR) is 170 cm³/mol. The fourth-order valence-electron chi connectivity index (χ4n) is 5.97. The highest BCUT2D eigenvalue weighted by Crippen LogP contribution is 2.27. The quantitative estimate of drug-likeness (QED) is 0.126. The number of thiol groups is 1. The number of hydrazine groups is 2. The molecule has 0 saturated carbocycles. The molecule has 0 aromatic carbocycles. The van der Waals surface area contributed by atoms with Gasteiger partial charge in [-0.2, -0.15) is 15.2 Å². The zero-order valence-corrected chi connectivity index (χ0v) is 26.9. The summed E-state index contributed by atoms with van der Waals surface area (Å²) in [5, 5.41) is 17.4. The minimum atomic E-state index is -0.319. The number of imidazole rings is 1. The molecule has 3 aromatic rings. The second kappa shape index (κ2) is 14.7. The largest absolute Gasteiger partial charge is 0.356 e. The maximum atomic E-state index is 13.4. The summed E-state index contributed by atoms with van der Waals surface area (Å²) in [6.45, 7) is 10.4. The summed E-state index contributed by atoms with van der Waals surface area (Å²) >= 11 is 4.24. The van der Waals surface area contributed by atoms with E-state index in [1.807, 2.05) is 18.1 Å². The number of hydrogen-bond acceptors (Lipinski definition) is 11. The van der Waals surface area contributed by atoms with Crippen LogP contribution in [0.25, 0.3) is 5.78 Å². The Labute approximate surface area is 264 Å². The molecule has 5 heterocycles. The first-order valence-electron chi connectivity index (χ1n) is 15.9. The highest BCUT2D eigenvalue weighted by molar-refractivity contribution is 7.77. The summed E-state index contributed by atoms with van der Waals surface area (Å²) in [5.74, 6) is 7.37. The summed E-state index contributed by atoms with van der Waals surface area (Å²) < 4.78 is 4.71. The topological polar surface area (TPSA) is 155 Å². The van der Waals surface area contributed by atoms with E-state index in [1.165, 1.54) is 4.52 Å². The number of rotatable bonds is 13. The van der Waals surface area contributed by atoms with Crippen molar-refractivity contribution in [2.24, 2.45) is 17.7 Å². The van der Waals surface area contributed by atoms with Crippen molar-refractivity contribution >= 4 is 36.2 Å². The lowest BCUT2D eigenvalue weighted by Crippen LogP contribution is -2.53. The Bertz CT molecular complexity index is 1420. The fraction of sp³-hybridized carbons (Fsp3) is 0.655. The smallest absolute Gasteiger partial charge is 0.270 e.